The fraction of sp³-hybridized carbons (Fsp3) is 0.833. The molecule has 1 N–H and O–H groups in total. The Morgan fingerprint density at radius 3 is 2.61 bits per heavy atom. The van der Waals surface area contributed by atoms with Gasteiger partial charge in [0.05, 0.1) is 26.2 Å². The van der Waals surface area contributed by atoms with Crippen molar-refractivity contribution < 1.29 is 24.2 Å². The maximum absolute atomic E-state index is 11.6. The minimum atomic E-state index is -0.877. The number of carbonyl (C=O) groups excluding carboxylic acids is 1. The molecule has 0 radical (unpaired) electrons. The van der Waals surface area contributed by atoms with E-state index in [-0.39, 0.29) is 37.2 Å². The second kappa shape index (κ2) is 6.70. The number of ether oxygens (including phenoxy) is 2. The number of methoxy groups -OCH3 is 1. The average molecular weight is 259 g/mol. The zero-order chi connectivity index (χ0) is 13.7. The Bertz CT molecular complexity index is 305. The van der Waals surface area contributed by atoms with E-state index < -0.39 is 5.97 Å². The van der Waals surface area contributed by atoms with Crippen LogP contribution in [0.25, 0.3) is 0 Å². The molecule has 0 aliphatic carbocycles. The van der Waals surface area contributed by atoms with Crippen molar-refractivity contribution in [3.8, 4) is 0 Å². The highest BCUT2D eigenvalue weighted by Gasteiger charge is 2.39. The van der Waals surface area contributed by atoms with Gasteiger partial charge < -0.3 is 14.6 Å². The molecule has 0 aromatic rings. The molecule has 6 heteroatoms. The van der Waals surface area contributed by atoms with Gasteiger partial charge in [0.1, 0.15) is 6.04 Å². The van der Waals surface area contributed by atoms with Gasteiger partial charge >= 0.3 is 11.9 Å². The lowest BCUT2D eigenvalue weighted by Gasteiger charge is -2.25. The number of hydrogen-bond acceptors (Lipinski definition) is 5. The summed E-state index contributed by atoms with van der Waals surface area (Å²) in [5, 5.41) is 8.54. The van der Waals surface area contributed by atoms with Crippen LogP contribution in [0.4, 0.5) is 0 Å². The zero-order valence-electron chi connectivity index (χ0n) is 11.1. The quantitative estimate of drug-likeness (QED) is 0.700. The summed E-state index contributed by atoms with van der Waals surface area (Å²) in [5.74, 6) is -1.13. The lowest BCUT2D eigenvalue weighted by atomic mass is 10.2. The Kier molecular flexibility index (Phi) is 5.55. The standard InChI is InChI=1S/C12H21NO5/c1-8(2)13-7-9(18-5-4-11(14)15)6-10(13)12(16)17-3/h8-10H,4-7H2,1-3H3,(H,14,15)/t9-,10+/m1/s1. The van der Waals surface area contributed by atoms with E-state index in [1.54, 1.807) is 0 Å². The van der Waals surface area contributed by atoms with Crippen molar-refractivity contribution in [1.29, 1.82) is 0 Å². The van der Waals surface area contributed by atoms with Crippen LogP contribution in [0.5, 0.6) is 0 Å². The van der Waals surface area contributed by atoms with Gasteiger partial charge in [-0.25, -0.2) is 0 Å². The molecule has 0 spiro atoms. The fourth-order valence-electron chi connectivity index (χ4n) is 2.19. The third-order valence-electron chi connectivity index (χ3n) is 3.11. The van der Waals surface area contributed by atoms with Crippen LogP contribution in [0.15, 0.2) is 0 Å². The molecular formula is C12H21NO5. The molecule has 1 fully saturated rings. The van der Waals surface area contributed by atoms with Gasteiger partial charge in [-0.05, 0) is 13.8 Å². The van der Waals surface area contributed by atoms with Gasteiger partial charge in [0.25, 0.3) is 0 Å². The first kappa shape index (κ1) is 14.9. The number of esters is 1. The summed E-state index contributed by atoms with van der Waals surface area (Å²) in [7, 11) is 1.37. The lowest BCUT2D eigenvalue weighted by Crippen LogP contribution is -2.41. The third kappa shape index (κ3) is 3.96. The molecule has 0 aromatic carbocycles. The van der Waals surface area contributed by atoms with Gasteiger partial charge in [0.2, 0.25) is 0 Å². The Labute approximate surface area is 107 Å². The highest BCUT2D eigenvalue weighted by Crippen LogP contribution is 2.23. The van der Waals surface area contributed by atoms with E-state index in [1.165, 1.54) is 7.11 Å². The monoisotopic (exact) mass is 259 g/mol. The average Bonchev–Trinajstić information content (AvgIpc) is 2.72. The summed E-state index contributed by atoms with van der Waals surface area (Å²) < 4.78 is 10.3. The molecule has 0 amide bonds. The normalized spacial score (nSPS) is 24.4. The highest BCUT2D eigenvalue weighted by molar-refractivity contribution is 5.76. The first-order valence-electron chi connectivity index (χ1n) is 6.12. The smallest absolute Gasteiger partial charge is 0.323 e. The van der Waals surface area contributed by atoms with Crippen LogP contribution >= 0.6 is 0 Å². The topological polar surface area (TPSA) is 76.1 Å². The van der Waals surface area contributed by atoms with Gasteiger partial charge in [-0.15, -0.1) is 0 Å². The van der Waals surface area contributed by atoms with Crippen molar-refractivity contribution in [2.75, 3.05) is 20.3 Å². The first-order valence-corrected chi connectivity index (χ1v) is 6.12. The van der Waals surface area contributed by atoms with E-state index in [9.17, 15) is 9.59 Å². The predicted molar refractivity (Wildman–Crippen MR) is 64.3 cm³/mol. The highest BCUT2D eigenvalue weighted by atomic mass is 16.5. The van der Waals surface area contributed by atoms with Crippen molar-refractivity contribution in [1.82, 2.24) is 4.90 Å². The number of carboxylic acid groups (broad SMARTS) is 1. The fourth-order valence-corrected chi connectivity index (χ4v) is 2.19. The van der Waals surface area contributed by atoms with E-state index in [0.29, 0.717) is 13.0 Å². The first-order chi connectivity index (χ1) is 8.45. The van der Waals surface area contributed by atoms with Gasteiger partial charge in [0, 0.05) is 19.0 Å². The Balaban J connectivity index is 2.50. The number of nitrogens with zero attached hydrogens (tertiary/aromatic N) is 1. The van der Waals surface area contributed by atoms with Gasteiger partial charge in [-0.2, -0.15) is 0 Å². The van der Waals surface area contributed by atoms with Crippen molar-refractivity contribution >= 4 is 11.9 Å². The largest absolute Gasteiger partial charge is 0.481 e. The minimum Gasteiger partial charge on any atom is -0.481 e. The van der Waals surface area contributed by atoms with E-state index >= 15 is 0 Å². The van der Waals surface area contributed by atoms with Crippen LogP contribution in [-0.4, -0.2) is 60.4 Å². The Morgan fingerprint density at radius 1 is 1.44 bits per heavy atom. The Hall–Kier alpha value is -1.14. The number of hydrogen-bond donors (Lipinski definition) is 1. The molecule has 18 heavy (non-hydrogen) atoms. The van der Waals surface area contributed by atoms with Crippen molar-refractivity contribution in [3.05, 3.63) is 0 Å². The van der Waals surface area contributed by atoms with Gasteiger partial charge in [0.15, 0.2) is 0 Å². The molecule has 0 bridgehead atoms. The molecule has 104 valence electrons. The number of carbonyl (C=O) groups is 2. The summed E-state index contributed by atoms with van der Waals surface area (Å²) in [5.41, 5.74) is 0. The molecule has 2 atom stereocenters. The molecule has 0 unspecified atom stereocenters. The second-order valence-electron chi connectivity index (χ2n) is 4.70. The van der Waals surface area contributed by atoms with Crippen LogP contribution in [0.1, 0.15) is 26.7 Å². The number of likely N-dealkylation sites (tertiary alicyclic amines) is 1. The minimum absolute atomic E-state index is 0.0128. The third-order valence-corrected chi connectivity index (χ3v) is 3.11. The second-order valence-corrected chi connectivity index (χ2v) is 4.70. The number of carboxylic acids is 1. The molecule has 1 rings (SSSR count). The molecule has 0 aromatic heterocycles. The molecule has 1 aliphatic rings. The van der Waals surface area contributed by atoms with Crippen LogP contribution in [0.3, 0.4) is 0 Å². The summed E-state index contributed by atoms with van der Waals surface area (Å²) in [6.45, 7) is 4.84. The summed E-state index contributed by atoms with van der Waals surface area (Å²) in [6.07, 6.45) is 0.446. The molecule has 1 aliphatic heterocycles. The van der Waals surface area contributed by atoms with E-state index in [2.05, 4.69) is 0 Å². The molecular weight excluding hydrogens is 238 g/mol. The maximum Gasteiger partial charge on any atom is 0.323 e. The van der Waals surface area contributed by atoms with Crippen molar-refractivity contribution in [3.63, 3.8) is 0 Å². The van der Waals surface area contributed by atoms with Crippen molar-refractivity contribution in [2.45, 2.75) is 44.9 Å². The van der Waals surface area contributed by atoms with Gasteiger partial charge in [-0.3, -0.25) is 14.5 Å². The van der Waals surface area contributed by atoms with Crippen LogP contribution in [0, 0.1) is 0 Å². The van der Waals surface area contributed by atoms with Crippen LogP contribution in [0.2, 0.25) is 0 Å². The number of rotatable bonds is 6. The zero-order valence-corrected chi connectivity index (χ0v) is 11.1. The molecule has 1 heterocycles. The van der Waals surface area contributed by atoms with Crippen LogP contribution in [-0.2, 0) is 19.1 Å². The lowest BCUT2D eigenvalue weighted by molar-refractivity contribution is -0.146. The predicted octanol–water partition coefficient (Wildman–Crippen LogP) is 0.502. The van der Waals surface area contributed by atoms with Crippen molar-refractivity contribution in [2.24, 2.45) is 0 Å². The summed E-state index contributed by atoms with van der Waals surface area (Å²) >= 11 is 0. The van der Waals surface area contributed by atoms with E-state index in [4.69, 9.17) is 14.6 Å². The van der Waals surface area contributed by atoms with Crippen LogP contribution < -0.4 is 0 Å². The SMILES string of the molecule is COC(=O)[C@@H]1C[C@@H](OCCC(=O)O)CN1C(C)C. The maximum atomic E-state index is 11.6. The molecule has 0 saturated carbocycles. The van der Waals surface area contributed by atoms with E-state index in [0.717, 1.165) is 0 Å². The Morgan fingerprint density at radius 2 is 2.11 bits per heavy atom. The summed E-state index contributed by atoms with van der Waals surface area (Å²) in [6, 6.07) is -0.0630. The molecule has 1 saturated heterocycles. The molecule has 6 nitrogen and oxygen atoms in total. The van der Waals surface area contributed by atoms with Gasteiger partial charge in [-0.1, -0.05) is 0 Å². The summed E-state index contributed by atoms with van der Waals surface area (Å²) in [4.78, 5) is 24.1. The van der Waals surface area contributed by atoms with E-state index in [1.807, 2.05) is 18.7 Å². The number of aliphatic carboxylic acids is 1.